The van der Waals surface area contributed by atoms with Gasteiger partial charge in [-0.05, 0) is 19.1 Å². The molecule has 2 aromatic heterocycles. The van der Waals surface area contributed by atoms with Gasteiger partial charge in [-0.15, -0.1) is 0 Å². The highest BCUT2D eigenvalue weighted by Crippen LogP contribution is 2.04. The van der Waals surface area contributed by atoms with Crippen LogP contribution in [0.3, 0.4) is 0 Å². The molecular weight excluding hydrogens is 322 g/mol. The fraction of sp³-hybridized carbons (Fsp3) is 0.235. The fourth-order valence-electron chi connectivity index (χ4n) is 2.43. The topological polar surface area (TPSA) is 98.9 Å². The van der Waals surface area contributed by atoms with Gasteiger partial charge in [0.25, 0.3) is 11.1 Å². The number of fused-ring (bicyclic) bond motifs is 1. The van der Waals surface area contributed by atoms with Crippen molar-refractivity contribution in [2.75, 3.05) is 6.54 Å². The minimum absolute atomic E-state index is 0.127. The van der Waals surface area contributed by atoms with E-state index in [1.165, 1.54) is 27.9 Å². The minimum Gasteiger partial charge on any atom is -0.353 e. The van der Waals surface area contributed by atoms with Gasteiger partial charge in [-0.3, -0.25) is 23.5 Å². The predicted molar refractivity (Wildman–Crippen MR) is 92.2 cm³/mol. The van der Waals surface area contributed by atoms with Crippen molar-refractivity contribution in [2.45, 2.75) is 20.0 Å². The Morgan fingerprint density at radius 1 is 1.12 bits per heavy atom. The molecule has 128 valence electrons. The van der Waals surface area contributed by atoms with Crippen molar-refractivity contribution in [3.8, 4) is 0 Å². The number of nitrogens with one attached hydrogen (secondary N) is 1. The molecule has 0 atom stereocenters. The first-order valence-electron chi connectivity index (χ1n) is 7.78. The van der Waals surface area contributed by atoms with Crippen molar-refractivity contribution in [3.63, 3.8) is 0 Å². The van der Waals surface area contributed by atoms with Crippen LogP contribution >= 0.6 is 0 Å². The third-order valence-electron chi connectivity index (χ3n) is 3.74. The second-order valence-corrected chi connectivity index (χ2v) is 5.61. The molecule has 0 saturated heterocycles. The largest absolute Gasteiger partial charge is 0.353 e. The van der Waals surface area contributed by atoms with Gasteiger partial charge in [0, 0.05) is 24.8 Å². The molecule has 0 saturated carbocycles. The number of rotatable bonds is 5. The summed E-state index contributed by atoms with van der Waals surface area (Å²) in [6, 6.07) is 8.41. The maximum Gasteiger partial charge on any atom is 0.261 e. The lowest BCUT2D eigenvalue weighted by Crippen LogP contribution is -2.35. The number of benzene rings is 1. The second-order valence-electron chi connectivity index (χ2n) is 5.61. The normalized spacial score (nSPS) is 10.8. The molecule has 3 aromatic rings. The molecule has 0 radical (unpaired) electrons. The number of para-hydroxylation sites is 1. The zero-order valence-corrected chi connectivity index (χ0v) is 13.7. The molecule has 0 unspecified atom stereocenters. The number of hydrogen-bond donors (Lipinski definition) is 1. The van der Waals surface area contributed by atoms with Gasteiger partial charge >= 0.3 is 0 Å². The molecule has 0 spiro atoms. The Kier molecular flexibility index (Phi) is 4.69. The SMILES string of the molecule is Cc1cc(=O)n(CCNC(=O)Cn2cnc3ccccc3c2=O)cn1. The molecule has 8 nitrogen and oxygen atoms in total. The Balaban J connectivity index is 1.62. The van der Waals surface area contributed by atoms with Crippen LogP contribution < -0.4 is 16.4 Å². The van der Waals surface area contributed by atoms with Crippen molar-refractivity contribution in [3.05, 3.63) is 69.4 Å². The number of carbonyl (C=O) groups is 1. The van der Waals surface area contributed by atoms with E-state index >= 15 is 0 Å². The zero-order chi connectivity index (χ0) is 17.8. The van der Waals surface area contributed by atoms with E-state index in [1.54, 1.807) is 31.2 Å². The van der Waals surface area contributed by atoms with E-state index in [-0.39, 0.29) is 30.1 Å². The molecule has 0 aliphatic carbocycles. The van der Waals surface area contributed by atoms with Crippen molar-refractivity contribution < 1.29 is 4.79 Å². The second kappa shape index (κ2) is 7.08. The molecule has 1 amide bonds. The summed E-state index contributed by atoms with van der Waals surface area (Å²) in [6.45, 7) is 2.18. The van der Waals surface area contributed by atoms with Gasteiger partial charge in [-0.1, -0.05) is 12.1 Å². The highest BCUT2D eigenvalue weighted by Gasteiger charge is 2.07. The Morgan fingerprint density at radius 2 is 1.88 bits per heavy atom. The summed E-state index contributed by atoms with van der Waals surface area (Å²) in [5.74, 6) is -0.327. The number of aromatic nitrogens is 4. The van der Waals surface area contributed by atoms with Crippen LogP contribution in [0.5, 0.6) is 0 Å². The highest BCUT2D eigenvalue weighted by molar-refractivity contribution is 5.78. The third-order valence-corrected chi connectivity index (χ3v) is 3.74. The van der Waals surface area contributed by atoms with E-state index in [0.717, 1.165) is 0 Å². The van der Waals surface area contributed by atoms with Crippen molar-refractivity contribution in [1.29, 1.82) is 0 Å². The number of hydrogen-bond acceptors (Lipinski definition) is 5. The highest BCUT2D eigenvalue weighted by atomic mass is 16.2. The lowest BCUT2D eigenvalue weighted by Gasteiger charge is -2.09. The van der Waals surface area contributed by atoms with E-state index in [1.807, 2.05) is 0 Å². The number of amides is 1. The van der Waals surface area contributed by atoms with Crippen molar-refractivity contribution in [1.82, 2.24) is 24.4 Å². The predicted octanol–water partition coefficient (Wildman–Crippen LogP) is 0.0780. The van der Waals surface area contributed by atoms with Crippen LogP contribution in [0.4, 0.5) is 0 Å². The van der Waals surface area contributed by atoms with Crippen LogP contribution in [0.25, 0.3) is 10.9 Å². The maximum atomic E-state index is 12.3. The van der Waals surface area contributed by atoms with Crippen LogP contribution in [-0.2, 0) is 17.9 Å². The Morgan fingerprint density at radius 3 is 2.68 bits per heavy atom. The summed E-state index contributed by atoms with van der Waals surface area (Å²) in [7, 11) is 0. The molecule has 0 bridgehead atoms. The van der Waals surface area contributed by atoms with E-state index in [0.29, 0.717) is 23.1 Å². The first-order valence-corrected chi connectivity index (χ1v) is 7.78. The molecule has 2 heterocycles. The quantitative estimate of drug-likeness (QED) is 0.710. The van der Waals surface area contributed by atoms with E-state index in [4.69, 9.17) is 0 Å². The first kappa shape index (κ1) is 16.6. The smallest absolute Gasteiger partial charge is 0.261 e. The Bertz CT molecular complexity index is 1040. The summed E-state index contributed by atoms with van der Waals surface area (Å²) in [5, 5.41) is 3.15. The summed E-state index contributed by atoms with van der Waals surface area (Å²) >= 11 is 0. The zero-order valence-electron chi connectivity index (χ0n) is 13.7. The molecule has 1 N–H and O–H groups in total. The maximum absolute atomic E-state index is 12.3. The number of nitrogens with zero attached hydrogens (tertiary/aromatic N) is 4. The molecule has 1 aromatic carbocycles. The molecule has 8 heteroatoms. The summed E-state index contributed by atoms with van der Waals surface area (Å²) < 4.78 is 2.67. The molecule has 3 rings (SSSR count). The standard InChI is InChI=1S/C17H17N5O3/c1-12-8-16(24)21(10-19-12)7-6-18-15(23)9-22-11-20-14-5-3-2-4-13(14)17(22)25/h2-5,8,10-11H,6-7,9H2,1H3,(H,18,23). The third kappa shape index (κ3) is 3.79. The average molecular weight is 339 g/mol. The number of aryl methyl sites for hydroxylation is 1. The van der Waals surface area contributed by atoms with Crippen LogP contribution in [0, 0.1) is 6.92 Å². The summed E-state index contributed by atoms with van der Waals surface area (Å²) in [6.07, 6.45) is 2.81. The van der Waals surface area contributed by atoms with Gasteiger partial charge in [0.05, 0.1) is 23.6 Å². The van der Waals surface area contributed by atoms with E-state index in [2.05, 4.69) is 15.3 Å². The van der Waals surface area contributed by atoms with Crippen LogP contribution in [0.1, 0.15) is 5.69 Å². The average Bonchev–Trinajstić information content (AvgIpc) is 2.59. The Labute approximate surface area is 142 Å². The van der Waals surface area contributed by atoms with Crippen molar-refractivity contribution in [2.24, 2.45) is 0 Å². The van der Waals surface area contributed by atoms with Crippen LogP contribution in [0.2, 0.25) is 0 Å². The van der Waals surface area contributed by atoms with Gasteiger partial charge in [0.15, 0.2) is 0 Å². The molecule has 25 heavy (non-hydrogen) atoms. The van der Waals surface area contributed by atoms with Crippen LogP contribution in [-0.4, -0.2) is 31.6 Å². The molecule has 0 fully saturated rings. The molecular formula is C17H17N5O3. The Hall–Kier alpha value is -3.29. The monoisotopic (exact) mass is 339 g/mol. The lowest BCUT2D eigenvalue weighted by atomic mass is 10.2. The van der Waals surface area contributed by atoms with Gasteiger partial charge in [0.1, 0.15) is 6.54 Å². The lowest BCUT2D eigenvalue weighted by molar-refractivity contribution is -0.121. The summed E-state index contributed by atoms with van der Waals surface area (Å²) in [5.41, 5.74) is 0.806. The number of carbonyl (C=O) groups excluding carboxylic acids is 1. The molecule has 0 aliphatic rings. The van der Waals surface area contributed by atoms with Gasteiger partial charge in [0.2, 0.25) is 5.91 Å². The van der Waals surface area contributed by atoms with Gasteiger partial charge in [-0.25, -0.2) is 9.97 Å². The minimum atomic E-state index is -0.327. The van der Waals surface area contributed by atoms with E-state index < -0.39 is 0 Å². The van der Waals surface area contributed by atoms with Gasteiger partial charge in [-0.2, -0.15) is 0 Å². The van der Waals surface area contributed by atoms with Gasteiger partial charge < -0.3 is 5.32 Å². The van der Waals surface area contributed by atoms with E-state index in [9.17, 15) is 14.4 Å². The van der Waals surface area contributed by atoms with Crippen LogP contribution in [0.15, 0.2) is 52.6 Å². The fourth-order valence-corrected chi connectivity index (χ4v) is 2.43. The summed E-state index contributed by atoms with van der Waals surface area (Å²) in [4.78, 5) is 44.3. The van der Waals surface area contributed by atoms with Crippen molar-refractivity contribution >= 4 is 16.8 Å². The molecule has 0 aliphatic heterocycles. The first-order chi connectivity index (χ1) is 12.0.